The van der Waals surface area contributed by atoms with Crippen LogP contribution < -0.4 is 0 Å². The van der Waals surface area contributed by atoms with Gasteiger partial charge < -0.3 is 25.5 Å². The summed E-state index contributed by atoms with van der Waals surface area (Å²) < 4.78 is 0. The summed E-state index contributed by atoms with van der Waals surface area (Å²) in [5, 5.41) is 45.0. The highest BCUT2D eigenvalue weighted by Crippen LogP contribution is 2.30. The van der Waals surface area contributed by atoms with Gasteiger partial charge in [0.25, 0.3) is 0 Å². The average molecular weight is 200 g/mol. The molecule has 0 atom stereocenters. The van der Waals surface area contributed by atoms with Crippen molar-refractivity contribution in [3.63, 3.8) is 0 Å². The molecule has 0 aliphatic carbocycles. The first-order valence-corrected chi connectivity index (χ1v) is 3.99. The Morgan fingerprint density at radius 1 is 1.00 bits per heavy atom. The molecule has 0 heterocycles. The molecule has 0 aromatic heterocycles. The molecule has 14 heavy (non-hydrogen) atoms. The highest BCUT2D eigenvalue weighted by atomic mass is 16.5. The van der Waals surface area contributed by atoms with Crippen LogP contribution in [-0.2, 0) is 0 Å². The van der Waals surface area contributed by atoms with E-state index in [0.29, 0.717) is 0 Å². The van der Waals surface area contributed by atoms with E-state index in [9.17, 15) is 5.11 Å². The van der Waals surface area contributed by atoms with Gasteiger partial charge in [-0.2, -0.15) is 0 Å². The lowest BCUT2D eigenvalue weighted by Crippen LogP contribution is -2.05. The van der Waals surface area contributed by atoms with Crippen LogP contribution in [0.1, 0.15) is 29.3 Å². The predicted molar refractivity (Wildman–Crippen MR) is 47.2 cm³/mol. The van der Waals surface area contributed by atoms with Gasteiger partial charge in [-0.05, 0) is 18.6 Å². The van der Waals surface area contributed by atoms with Crippen molar-refractivity contribution in [1.82, 2.24) is 0 Å². The summed E-state index contributed by atoms with van der Waals surface area (Å²) in [7, 11) is 0. The van der Waals surface area contributed by atoms with E-state index in [2.05, 4.69) is 0 Å². The SMILES string of the molecule is Cc1c(C(O)O)ccc(O)c1C(O)O. The second kappa shape index (κ2) is 3.93. The number of benzene rings is 1. The maximum atomic E-state index is 9.28. The van der Waals surface area contributed by atoms with Crippen LogP contribution in [-0.4, -0.2) is 25.5 Å². The maximum absolute atomic E-state index is 9.28. The van der Waals surface area contributed by atoms with E-state index in [1.54, 1.807) is 0 Å². The number of rotatable bonds is 2. The van der Waals surface area contributed by atoms with Gasteiger partial charge in [-0.3, -0.25) is 0 Å². The number of hydrogen-bond donors (Lipinski definition) is 5. The van der Waals surface area contributed by atoms with Crippen molar-refractivity contribution in [3.8, 4) is 5.75 Å². The molecule has 5 heteroatoms. The van der Waals surface area contributed by atoms with Crippen molar-refractivity contribution in [2.75, 3.05) is 0 Å². The van der Waals surface area contributed by atoms with Crippen LogP contribution in [0.2, 0.25) is 0 Å². The van der Waals surface area contributed by atoms with Crippen LogP contribution in [0.15, 0.2) is 12.1 Å². The first-order chi connectivity index (χ1) is 6.45. The summed E-state index contributed by atoms with van der Waals surface area (Å²) in [6.45, 7) is 1.46. The van der Waals surface area contributed by atoms with Crippen molar-refractivity contribution < 1.29 is 25.5 Å². The zero-order valence-corrected chi connectivity index (χ0v) is 7.55. The Hall–Kier alpha value is -1.14. The van der Waals surface area contributed by atoms with Crippen LogP contribution >= 0.6 is 0 Å². The predicted octanol–water partition coefficient (Wildman–Crippen LogP) is -0.333. The maximum Gasteiger partial charge on any atom is 0.182 e. The van der Waals surface area contributed by atoms with Gasteiger partial charge >= 0.3 is 0 Å². The minimum Gasteiger partial charge on any atom is -0.507 e. The normalized spacial score (nSPS) is 11.4. The summed E-state index contributed by atoms with van der Waals surface area (Å²) in [5.74, 6) is -0.290. The number of hydrogen-bond acceptors (Lipinski definition) is 5. The highest BCUT2D eigenvalue weighted by molar-refractivity contribution is 5.44. The molecule has 1 aromatic rings. The molecule has 0 bridgehead atoms. The number of aliphatic hydroxyl groups excluding tert-OH is 2. The van der Waals surface area contributed by atoms with Crippen molar-refractivity contribution in [1.29, 1.82) is 0 Å². The third kappa shape index (κ3) is 1.85. The first kappa shape index (κ1) is 10.9. The lowest BCUT2D eigenvalue weighted by molar-refractivity contribution is -0.0492. The Labute approximate surface area is 80.5 Å². The summed E-state index contributed by atoms with van der Waals surface area (Å²) in [4.78, 5) is 0. The smallest absolute Gasteiger partial charge is 0.182 e. The number of phenolic OH excluding ortho intramolecular Hbond substituents is 1. The number of aliphatic hydroxyl groups is 4. The average Bonchev–Trinajstić information content (AvgIpc) is 2.02. The van der Waals surface area contributed by atoms with Gasteiger partial charge in [0.05, 0.1) is 5.56 Å². The summed E-state index contributed by atoms with van der Waals surface area (Å²) >= 11 is 0. The molecular formula is C9H12O5. The Bertz CT molecular complexity index is 332. The molecule has 0 aliphatic rings. The summed E-state index contributed by atoms with van der Waals surface area (Å²) in [6, 6.07) is 2.48. The second-order valence-corrected chi connectivity index (χ2v) is 2.96. The molecular weight excluding hydrogens is 188 g/mol. The monoisotopic (exact) mass is 200 g/mol. The molecule has 1 rings (SSSR count). The molecule has 1 aromatic carbocycles. The van der Waals surface area contributed by atoms with Crippen molar-refractivity contribution >= 4 is 0 Å². The Morgan fingerprint density at radius 3 is 2.00 bits per heavy atom. The standard InChI is InChI=1S/C9H12O5/c1-4-5(8(11)12)2-3-6(10)7(4)9(13)14/h2-3,8-14H,1H3. The molecule has 0 saturated heterocycles. The molecule has 0 unspecified atom stereocenters. The molecule has 0 saturated carbocycles. The third-order valence-electron chi connectivity index (χ3n) is 2.07. The van der Waals surface area contributed by atoms with Gasteiger partial charge in [0, 0.05) is 5.56 Å². The topological polar surface area (TPSA) is 101 Å². The van der Waals surface area contributed by atoms with E-state index in [1.807, 2.05) is 0 Å². The van der Waals surface area contributed by atoms with Crippen molar-refractivity contribution in [2.45, 2.75) is 19.5 Å². The molecule has 5 N–H and O–H groups in total. The van der Waals surface area contributed by atoms with Gasteiger partial charge in [0.15, 0.2) is 12.6 Å². The van der Waals surface area contributed by atoms with Crippen LogP contribution in [0.5, 0.6) is 5.75 Å². The van der Waals surface area contributed by atoms with Crippen LogP contribution in [0.25, 0.3) is 0 Å². The number of phenols is 1. The van der Waals surface area contributed by atoms with E-state index >= 15 is 0 Å². The quantitative estimate of drug-likeness (QED) is 0.421. The van der Waals surface area contributed by atoms with E-state index in [-0.39, 0.29) is 22.4 Å². The minimum atomic E-state index is -1.84. The highest BCUT2D eigenvalue weighted by Gasteiger charge is 2.17. The Balaban J connectivity index is 3.34. The first-order valence-electron chi connectivity index (χ1n) is 3.99. The van der Waals surface area contributed by atoms with Gasteiger partial charge in [0.1, 0.15) is 5.75 Å². The van der Waals surface area contributed by atoms with Crippen LogP contribution in [0, 0.1) is 6.92 Å². The van der Waals surface area contributed by atoms with E-state index < -0.39 is 12.6 Å². The van der Waals surface area contributed by atoms with E-state index in [4.69, 9.17) is 20.4 Å². The molecule has 0 radical (unpaired) electrons. The zero-order valence-electron chi connectivity index (χ0n) is 7.55. The molecule has 0 spiro atoms. The van der Waals surface area contributed by atoms with E-state index in [0.717, 1.165) is 0 Å². The fourth-order valence-electron chi connectivity index (χ4n) is 1.34. The zero-order chi connectivity index (χ0) is 10.9. The van der Waals surface area contributed by atoms with Crippen molar-refractivity contribution in [3.05, 3.63) is 28.8 Å². The van der Waals surface area contributed by atoms with E-state index in [1.165, 1.54) is 19.1 Å². The minimum absolute atomic E-state index is 0.115. The Kier molecular flexibility index (Phi) is 3.07. The van der Waals surface area contributed by atoms with Crippen LogP contribution in [0.4, 0.5) is 0 Å². The molecule has 0 fully saturated rings. The molecule has 5 nitrogen and oxygen atoms in total. The van der Waals surface area contributed by atoms with Crippen molar-refractivity contribution in [2.24, 2.45) is 0 Å². The van der Waals surface area contributed by atoms with Gasteiger partial charge in [-0.1, -0.05) is 6.07 Å². The fourth-order valence-corrected chi connectivity index (χ4v) is 1.34. The fraction of sp³-hybridized carbons (Fsp3) is 0.333. The van der Waals surface area contributed by atoms with Gasteiger partial charge in [0.2, 0.25) is 0 Å². The largest absolute Gasteiger partial charge is 0.507 e. The summed E-state index contributed by atoms with van der Waals surface area (Å²) in [5.41, 5.74) is 0.261. The molecule has 0 amide bonds. The second-order valence-electron chi connectivity index (χ2n) is 2.96. The number of aromatic hydroxyl groups is 1. The lowest BCUT2D eigenvalue weighted by Gasteiger charge is -2.15. The van der Waals surface area contributed by atoms with Crippen LogP contribution in [0.3, 0.4) is 0 Å². The summed E-state index contributed by atoms with van der Waals surface area (Å²) in [6.07, 6.45) is -3.54. The third-order valence-corrected chi connectivity index (χ3v) is 2.07. The van der Waals surface area contributed by atoms with Gasteiger partial charge in [-0.25, -0.2) is 0 Å². The lowest BCUT2D eigenvalue weighted by atomic mass is 10.0. The van der Waals surface area contributed by atoms with Gasteiger partial charge in [-0.15, -0.1) is 0 Å². The molecule has 78 valence electrons. The molecule has 0 aliphatic heterocycles. The Morgan fingerprint density at radius 2 is 1.57 bits per heavy atom.